The Morgan fingerprint density at radius 3 is 2.83 bits per heavy atom. The number of benzene rings is 1. The zero-order valence-electron chi connectivity index (χ0n) is 17.2. The zero-order valence-corrected chi connectivity index (χ0v) is 18.0. The number of carbonyl (C=O) groups excluding carboxylic acids is 1. The molecule has 1 unspecified atom stereocenters. The van der Waals surface area contributed by atoms with Gasteiger partial charge in [0.2, 0.25) is 0 Å². The van der Waals surface area contributed by atoms with Crippen LogP contribution < -0.4 is 5.32 Å². The van der Waals surface area contributed by atoms with Crippen molar-refractivity contribution in [3.05, 3.63) is 64.5 Å². The Bertz CT molecular complexity index is 1270. The molecule has 1 atom stereocenters. The van der Waals surface area contributed by atoms with E-state index in [-0.39, 0.29) is 16.9 Å². The lowest BCUT2D eigenvalue weighted by atomic mass is 10.0. The van der Waals surface area contributed by atoms with Crippen LogP contribution in [0.25, 0.3) is 16.6 Å². The number of esters is 1. The van der Waals surface area contributed by atoms with Crippen LogP contribution in [0.2, 0.25) is 5.15 Å². The van der Waals surface area contributed by atoms with E-state index in [9.17, 15) is 4.79 Å². The van der Waals surface area contributed by atoms with Crippen molar-refractivity contribution in [3.63, 3.8) is 0 Å². The summed E-state index contributed by atoms with van der Waals surface area (Å²) in [5, 5.41) is 4.60. The van der Waals surface area contributed by atoms with Gasteiger partial charge in [-0.2, -0.15) is 0 Å². The summed E-state index contributed by atoms with van der Waals surface area (Å²) in [5.41, 5.74) is 4.58. The zero-order chi connectivity index (χ0) is 21.4. The first kappa shape index (κ1) is 20.1. The highest BCUT2D eigenvalue weighted by Crippen LogP contribution is 2.31. The molecule has 0 aliphatic heterocycles. The van der Waals surface area contributed by atoms with E-state index in [0.717, 1.165) is 39.9 Å². The number of carbonyl (C=O) groups is 1. The van der Waals surface area contributed by atoms with E-state index in [0.29, 0.717) is 5.69 Å². The first-order chi connectivity index (χ1) is 14.4. The molecular weight excluding hydrogens is 402 g/mol. The fraction of sp³-hybridized carbons (Fsp3) is 0.273. The number of rotatable bonds is 5. The molecule has 8 heteroatoms. The van der Waals surface area contributed by atoms with Gasteiger partial charge in [-0.1, -0.05) is 24.6 Å². The maximum Gasteiger partial charge on any atom is 0.358 e. The molecule has 0 aliphatic rings. The molecule has 7 nitrogen and oxygen atoms in total. The molecule has 0 radical (unpaired) electrons. The van der Waals surface area contributed by atoms with Gasteiger partial charge in [-0.15, -0.1) is 0 Å². The van der Waals surface area contributed by atoms with E-state index in [2.05, 4.69) is 34.3 Å². The lowest BCUT2D eigenvalue weighted by Crippen LogP contribution is -2.14. The Labute approximate surface area is 179 Å². The predicted molar refractivity (Wildman–Crippen MR) is 117 cm³/mol. The highest BCUT2D eigenvalue weighted by Gasteiger charge is 2.20. The van der Waals surface area contributed by atoms with Crippen LogP contribution in [-0.2, 0) is 11.2 Å². The van der Waals surface area contributed by atoms with Gasteiger partial charge >= 0.3 is 5.97 Å². The van der Waals surface area contributed by atoms with Crippen LogP contribution in [0.4, 0.5) is 5.69 Å². The first-order valence-corrected chi connectivity index (χ1v) is 10.1. The molecule has 3 heterocycles. The fourth-order valence-electron chi connectivity index (χ4n) is 3.69. The van der Waals surface area contributed by atoms with Crippen LogP contribution in [0, 0.1) is 6.92 Å². The predicted octanol–water partition coefficient (Wildman–Crippen LogP) is 4.76. The highest BCUT2D eigenvalue weighted by molar-refractivity contribution is 6.29. The van der Waals surface area contributed by atoms with Gasteiger partial charge in [0.05, 0.1) is 24.4 Å². The third kappa shape index (κ3) is 3.45. The van der Waals surface area contributed by atoms with Gasteiger partial charge in [0.25, 0.3) is 0 Å². The molecule has 0 saturated carbocycles. The van der Waals surface area contributed by atoms with Gasteiger partial charge in [0, 0.05) is 29.8 Å². The number of fused-ring (bicyclic) bond motifs is 3. The Hall–Kier alpha value is -3.19. The molecular formula is C22H22ClN5O2. The standard InChI is InChI=1S/C22H22ClN5O2/c1-5-18-27-19-14(10-12(2)11-15(19)21-24-8-9-28(18)21)13(3)25-16-6-7-17(23)26-20(16)22(29)30-4/h6-11,13,25H,5H2,1-4H3. The Balaban J connectivity index is 1.85. The van der Waals surface area contributed by atoms with Crippen LogP contribution in [-0.4, -0.2) is 32.4 Å². The molecule has 0 spiro atoms. The summed E-state index contributed by atoms with van der Waals surface area (Å²) in [4.78, 5) is 25.8. The number of nitrogens with zero attached hydrogens (tertiary/aromatic N) is 4. The molecule has 0 amide bonds. The molecule has 154 valence electrons. The molecule has 0 bridgehead atoms. The van der Waals surface area contributed by atoms with Crippen molar-refractivity contribution in [2.75, 3.05) is 12.4 Å². The minimum absolute atomic E-state index is 0.145. The summed E-state index contributed by atoms with van der Waals surface area (Å²) in [6.07, 6.45) is 4.51. The second-order valence-corrected chi connectivity index (χ2v) is 7.53. The number of halogens is 1. The monoisotopic (exact) mass is 423 g/mol. The van der Waals surface area contributed by atoms with E-state index >= 15 is 0 Å². The molecule has 0 saturated heterocycles. The van der Waals surface area contributed by atoms with Gasteiger partial charge in [0.15, 0.2) is 5.69 Å². The molecule has 3 aromatic heterocycles. The van der Waals surface area contributed by atoms with E-state index in [4.69, 9.17) is 21.3 Å². The lowest BCUT2D eigenvalue weighted by Gasteiger charge is -2.20. The van der Waals surface area contributed by atoms with Gasteiger partial charge < -0.3 is 10.1 Å². The highest BCUT2D eigenvalue weighted by atomic mass is 35.5. The van der Waals surface area contributed by atoms with Crippen molar-refractivity contribution in [1.82, 2.24) is 19.4 Å². The topological polar surface area (TPSA) is 81.4 Å². The molecule has 30 heavy (non-hydrogen) atoms. The number of anilines is 1. The minimum Gasteiger partial charge on any atom is -0.464 e. The summed E-state index contributed by atoms with van der Waals surface area (Å²) < 4.78 is 6.88. The van der Waals surface area contributed by atoms with E-state index < -0.39 is 5.97 Å². The average Bonchev–Trinajstić information content (AvgIpc) is 3.23. The Morgan fingerprint density at radius 1 is 1.30 bits per heavy atom. The third-order valence-corrected chi connectivity index (χ3v) is 5.29. The second-order valence-electron chi connectivity index (χ2n) is 7.14. The van der Waals surface area contributed by atoms with Gasteiger partial charge in [-0.25, -0.2) is 19.7 Å². The number of hydrogen-bond donors (Lipinski definition) is 1. The van der Waals surface area contributed by atoms with Crippen molar-refractivity contribution in [3.8, 4) is 0 Å². The third-order valence-electron chi connectivity index (χ3n) is 5.08. The second kappa shape index (κ2) is 7.91. The normalized spacial score (nSPS) is 12.3. The maximum atomic E-state index is 12.2. The number of imidazole rings is 1. The van der Waals surface area contributed by atoms with Crippen LogP contribution in [0.3, 0.4) is 0 Å². The van der Waals surface area contributed by atoms with Gasteiger partial charge in [-0.05, 0) is 37.6 Å². The summed E-state index contributed by atoms with van der Waals surface area (Å²) in [5.74, 6) is 0.391. The summed E-state index contributed by atoms with van der Waals surface area (Å²) in [7, 11) is 1.32. The molecule has 0 aliphatic carbocycles. The van der Waals surface area contributed by atoms with Crippen molar-refractivity contribution in [2.45, 2.75) is 33.2 Å². The number of pyridine rings is 1. The largest absolute Gasteiger partial charge is 0.464 e. The summed E-state index contributed by atoms with van der Waals surface area (Å²) in [6, 6.07) is 7.41. The molecule has 1 N–H and O–H groups in total. The quantitative estimate of drug-likeness (QED) is 0.368. The van der Waals surface area contributed by atoms with E-state index in [1.54, 1.807) is 18.3 Å². The van der Waals surface area contributed by atoms with Crippen LogP contribution in [0.5, 0.6) is 0 Å². The first-order valence-electron chi connectivity index (χ1n) is 9.70. The van der Waals surface area contributed by atoms with Crippen molar-refractivity contribution < 1.29 is 9.53 Å². The number of aryl methyl sites for hydroxylation is 2. The van der Waals surface area contributed by atoms with E-state index in [1.807, 2.05) is 24.4 Å². The van der Waals surface area contributed by atoms with Gasteiger partial charge in [0.1, 0.15) is 16.6 Å². The van der Waals surface area contributed by atoms with Crippen molar-refractivity contribution in [1.29, 1.82) is 0 Å². The number of hydrogen-bond acceptors (Lipinski definition) is 6. The number of nitrogens with one attached hydrogen (secondary N) is 1. The average molecular weight is 424 g/mol. The molecule has 4 rings (SSSR count). The van der Waals surface area contributed by atoms with E-state index in [1.165, 1.54) is 7.11 Å². The molecule has 1 aromatic carbocycles. The smallest absolute Gasteiger partial charge is 0.358 e. The Morgan fingerprint density at radius 2 is 2.10 bits per heavy atom. The maximum absolute atomic E-state index is 12.2. The van der Waals surface area contributed by atoms with Crippen LogP contribution >= 0.6 is 11.6 Å². The molecule has 4 aromatic rings. The van der Waals surface area contributed by atoms with Gasteiger partial charge in [-0.3, -0.25) is 4.40 Å². The SMILES string of the molecule is CCc1nc2c(C(C)Nc3ccc(Cl)nc3C(=O)OC)cc(C)cc2c2nccn12. The number of methoxy groups -OCH3 is 1. The summed E-state index contributed by atoms with van der Waals surface area (Å²) >= 11 is 5.98. The summed E-state index contributed by atoms with van der Waals surface area (Å²) in [6.45, 7) is 6.14. The molecule has 0 fully saturated rings. The fourth-order valence-corrected chi connectivity index (χ4v) is 3.84. The van der Waals surface area contributed by atoms with Crippen LogP contribution in [0.1, 0.15) is 47.3 Å². The minimum atomic E-state index is -0.549. The lowest BCUT2D eigenvalue weighted by molar-refractivity contribution is 0.0595. The van der Waals surface area contributed by atoms with Crippen molar-refractivity contribution in [2.24, 2.45) is 0 Å². The number of aromatic nitrogens is 4. The van der Waals surface area contributed by atoms with Crippen LogP contribution in [0.15, 0.2) is 36.7 Å². The Kier molecular flexibility index (Phi) is 5.30. The van der Waals surface area contributed by atoms with Crippen molar-refractivity contribution >= 4 is 39.8 Å². The number of ether oxygens (including phenoxy) is 1.